The molecular weight excluding hydrogens is 190 g/mol. The summed E-state index contributed by atoms with van der Waals surface area (Å²) in [5, 5.41) is 0.00889. The third kappa shape index (κ3) is 2.31. The monoisotopic (exact) mass is 199 g/mol. The fourth-order valence-corrected chi connectivity index (χ4v) is 1.79. The first-order valence-corrected chi connectivity index (χ1v) is 5.01. The van der Waals surface area contributed by atoms with E-state index in [2.05, 4.69) is 20.6 Å². The van der Waals surface area contributed by atoms with E-state index in [0.717, 1.165) is 0 Å². The molecule has 1 aromatic rings. The maximum Gasteiger partial charge on any atom is 0.258 e. The number of aromatic amines is 1. The molecule has 0 saturated heterocycles. The van der Waals surface area contributed by atoms with Crippen LogP contribution in [0, 0.1) is 12.3 Å². The number of H-pyrrole nitrogens is 1. The van der Waals surface area contributed by atoms with E-state index in [-0.39, 0.29) is 5.03 Å². The smallest absolute Gasteiger partial charge is 0.258 e. The highest BCUT2D eigenvalue weighted by molar-refractivity contribution is 7.89. The van der Waals surface area contributed by atoms with Gasteiger partial charge < -0.3 is 4.98 Å². The minimum absolute atomic E-state index is 0.00889. The molecule has 70 valence electrons. The summed E-state index contributed by atoms with van der Waals surface area (Å²) in [6.45, 7) is 1.58. The fourth-order valence-electron chi connectivity index (χ4n) is 0.720. The fraction of sp³-hybridized carbons (Fsp3) is 0.286. The molecule has 0 aliphatic rings. The van der Waals surface area contributed by atoms with Crippen LogP contribution < -0.4 is 4.72 Å². The van der Waals surface area contributed by atoms with E-state index in [1.807, 2.05) is 0 Å². The van der Waals surface area contributed by atoms with E-state index in [4.69, 9.17) is 6.42 Å². The van der Waals surface area contributed by atoms with Crippen molar-refractivity contribution in [3.05, 3.63) is 12.5 Å². The largest absolute Gasteiger partial charge is 0.335 e. The zero-order valence-electron chi connectivity index (χ0n) is 6.98. The lowest BCUT2D eigenvalue weighted by Gasteiger charge is -2.05. The summed E-state index contributed by atoms with van der Waals surface area (Å²) >= 11 is 0. The second-order valence-electron chi connectivity index (χ2n) is 2.43. The van der Waals surface area contributed by atoms with Crippen LogP contribution in [0.25, 0.3) is 0 Å². The van der Waals surface area contributed by atoms with Crippen LogP contribution in [-0.4, -0.2) is 24.4 Å². The SMILES string of the molecule is C#CC(C)NS(=O)(=O)c1cnc[nH]1. The zero-order valence-corrected chi connectivity index (χ0v) is 7.80. The van der Waals surface area contributed by atoms with E-state index in [1.165, 1.54) is 12.5 Å². The highest BCUT2D eigenvalue weighted by Crippen LogP contribution is 2.02. The van der Waals surface area contributed by atoms with Crippen molar-refractivity contribution in [2.45, 2.75) is 18.0 Å². The van der Waals surface area contributed by atoms with Gasteiger partial charge in [-0.2, -0.15) is 4.72 Å². The Kier molecular flexibility index (Phi) is 2.70. The average molecular weight is 199 g/mol. The molecule has 0 aliphatic carbocycles. The summed E-state index contributed by atoms with van der Waals surface area (Å²) in [6, 6.07) is -0.534. The van der Waals surface area contributed by atoms with Gasteiger partial charge in [-0.1, -0.05) is 5.92 Å². The third-order valence-corrected chi connectivity index (χ3v) is 2.81. The summed E-state index contributed by atoms with van der Waals surface area (Å²) in [4.78, 5) is 6.07. The highest BCUT2D eigenvalue weighted by atomic mass is 32.2. The molecule has 0 amide bonds. The molecule has 1 aromatic heterocycles. The van der Waals surface area contributed by atoms with Crippen LogP contribution in [0.15, 0.2) is 17.6 Å². The Morgan fingerprint density at radius 3 is 2.92 bits per heavy atom. The molecule has 6 heteroatoms. The van der Waals surface area contributed by atoms with Crippen molar-refractivity contribution in [2.75, 3.05) is 0 Å². The number of terminal acetylenes is 1. The first-order chi connectivity index (χ1) is 6.06. The van der Waals surface area contributed by atoms with Crippen LogP contribution in [0.2, 0.25) is 0 Å². The van der Waals surface area contributed by atoms with Crippen molar-refractivity contribution in [1.82, 2.24) is 14.7 Å². The molecule has 1 atom stereocenters. The van der Waals surface area contributed by atoms with Crippen molar-refractivity contribution in [2.24, 2.45) is 0 Å². The summed E-state index contributed by atoms with van der Waals surface area (Å²) in [5.74, 6) is 2.26. The van der Waals surface area contributed by atoms with Gasteiger partial charge in [-0.3, -0.25) is 0 Å². The first kappa shape index (κ1) is 9.77. The molecular formula is C7H9N3O2S. The second-order valence-corrected chi connectivity index (χ2v) is 4.11. The number of nitrogens with one attached hydrogen (secondary N) is 2. The number of rotatable bonds is 3. The van der Waals surface area contributed by atoms with Crippen LogP contribution in [0.5, 0.6) is 0 Å². The molecule has 0 radical (unpaired) electrons. The Hall–Kier alpha value is -1.32. The van der Waals surface area contributed by atoms with Gasteiger partial charge in [0.25, 0.3) is 10.0 Å². The first-order valence-electron chi connectivity index (χ1n) is 3.53. The molecule has 0 bridgehead atoms. The van der Waals surface area contributed by atoms with Gasteiger partial charge in [0.2, 0.25) is 0 Å². The lowest BCUT2D eigenvalue weighted by Crippen LogP contribution is -2.31. The van der Waals surface area contributed by atoms with E-state index < -0.39 is 16.1 Å². The van der Waals surface area contributed by atoms with Crippen LogP contribution in [-0.2, 0) is 10.0 Å². The van der Waals surface area contributed by atoms with E-state index in [0.29, 0.717) is 0 Å². The van der Waals surface area contributed by atoms with E-state index in [9.17, 15) is 8.42 Å². The van der Waals surface area contributed by atoms with Crippen molar-refractivity contribution < 1.29 is 8.42 Å². The molecule has 5 nitrogen and oxygen atoms in total. The van der Waals surface area contributed by atoms with E-state index >= 15 is 0 Å². The number of hydrogen-bond acceptors (Lipinski definition) is 3. The van der Waals surface area contributed by atoms with Gasteiger partial charge in [-0.15, -0.1) is 6.42 Å². The number of sulfonamides is 1. The number of hydrogen-bond donors (Lipinski definition) is 2. The Morgan fingerprint density at radius 1 is 1.77 bits per heavy atom. The Balaban J connectivity index is 2.87. The molecule has 1 rings (SSSR count). The predicted molar refractivity (Wildman–Crippen MR) is 47.2 cm³/mol. The maximum atomic E-state index is 11.4. The normalized spacial score (nSPS) is 13.5. The third-order valence-electron chi connectivity index (χ3n) is 1.34. The topological polar surface area (TPSA) is 74.8 Å². The number of imidazole rings is 1. The molecule has 2 N–H and O–H groups in total. The lowest BCUT2D eigenvalue weighted by molar-refractivity contribution is 0.574. The quantitative estimate of drug-likeness (QED) is 0.657. The van der Waals surface area contributed by atoms with Gasteiger partial charge in [0.1, 0.15) is 0 Å². The minimum Gasteiger partial charge on any atom is -0.335 e. The Morgan fingerprint density at radius 2 is 2.46 bits per heavy atom. The number of nitrogens with zero attached hydrogens (tertiary/aromatic N) is 1. The standard InChI is InChI=1S/C7H9N3O2S/c1-3-6(2)10-13(11,12)7-4-8-5-9-7/h1,4-6,10H,2H3,(H,8,9). The van der Waals surface area contributed by atoms with Gasteiger partial charge in [-0.05, 0) is 6.92 Å². The zero-order chi connectivity index (χ0) is 9.90. The molecule has 1 heterocycles. The van der Waals surface area contributed by atoms with Crippen LogP contribution in [0.4, 0.5) is 0 Å². The molecule has 0 fully saturated rings. The average Bonchev–Trinajstić information content (AvgIpc) is 2.55. The van der Waals surface area contributed by atoms with E-state index in [1.54, 1.807) is 6.92 Å². The van der Waals surface area contributed by atoms with Crippen LogP contribution in [0.1, 0.15) is 6.92 Å². The van der Waals surface area contributed by atoms with Gasteiger partial charge in [0, 0.05) is 0 Å². The molecule has 0 aliphatic heterocycles. The van der Waals surface area contributed by atoms with Crippen LogP contribution >= 0.6 is 0 Å². The minimum atomic E-state index is -3.54. The van der Waals surface area contributed by atoms with Crippen molar-refractivity contribution in [3.63, 3.8) is 0 Å². The summed E-state index contributed by atoms with van der Waals surface area (Å²) in [5.41, 5.74) is 0. The summed E-state index contributed by atoms with van der Waals surface area (Å²) < 4.78 is 25.0. The van der Waals surface area contributed by atoms with Crippen molar-refractivity contribution >= 4 is 10.0 Å². The molecule has 0 saturated carbocycles. The molecule has 13 heavy (non-hydrogen) atoms. The van der Waals surface area contributed by atoms with Gasteiger partial charge in [0.15, 0.2) is 5.03 Å². The molecule has 0 aromatic carbocycles. The summed E-state index contributed by atoms with van der Waals surface area (Å²) in [7, 11) is -3.54. The van der Waals surface area contributed by atoms with Gasteiger partial charge in [-0.25, -0.2) is 13.4 Å². The Bertz CT molecular complexity index is 401. The van der Waals surface area contributed by atoms with Crippen LogP contribution in [0.3, 0.4) is 0 Å². The second kappa shape index (κ2) is 3.60. The van der Waals surface area contributed by atoms with Crippen molar-refractivity contribution in [1.29, 1.82) is 0 Å². The van der Waals surface area contributed by atoms with Crippen molar-refractivity contribution in [3.8, 4) is 12.3 Å². The van der Waals surface area contributed by atoms with Gasteiger partial charge >= 0.3 is 0 Å². The maximum absolute atomic E-state index is 11.4. The molecule has 1 unspecified atom stereocenters. The summed E-state index contributed by atoms with van der Waals surface area (Å²) in [6.07, 6.45) is 7.53. The van der Waals surface area contributed by atoms with Gasteiger partial charge in [0.05, 0.1) is 18.6 Å². The predicted octanol–water partition coefficient (Wildman–Crippen LogP) is -0.290. The molecule has 0 spiro atoms. The Labute approximate surface area is 76.6 Å². The lowest BCUT2D eigenvalue weighted by atomic mass is 10.4. The highest BCUT2D eigenvalue weighted by Gasteiger charge is 2.16. The number of aromatic nitrogens is 2.